The van der Waals surface area contributed by atoms with Crippen LogP contribution in [0.15, 0.2) is 16.5 Å². The summed E-state index contributed by atoms with van der Waals surface area (Å²) in [5.74, 6) is 0.880. The first-order valence-electron chi connectivity index (χ1n) is 5.88. The largest absolute Gasteiger partial charge is 0.448 e. The lowest BCUT2D eigenvalue weighted by atomic mass is 10.2. The third kappa shape index (κ3) is 3.00. The molecule has 0 spiro atoms. The second kappa shape index (κ2) is 5.71. The molecule has 1 aliphatic carbocycles. The average Bonchev–Trinajstić information content (AvgIpc) is 2.88. The molecule has 1 aromatic heterocycles. The van der Waals surface area contributed by atoms with Crippen LogP contribution in [0.5, 0.6) is 0 Å². The van der Waals surface area contributed by atoms with Crippen molar-refractivity contribution in [1.29, 1.82) is 0 Å². The third-order valence-corrected chi connectivity index (χ3v) is 3.42. The molecule has 1 N–H and O–H groups in total. The molecule has 0 aliphatic heterocycles. The Kier molecular flexibility index (Phi) is 4.27. The number of furan rings is 1. The lowest BCUT2D eigenvalue weighted by Crippen LogP contribution is -2.34. The van der Waals surface area contributed by atoms with Gasteiger partial charge >= 0.3 is 0 Å². The second-order valence-electron chi connectivity index (χ2n) is 4.34. The summed E-state index contributed by atoms with van der Waals surface area (Å²) in [6.45, 7) is 1.66. The van der Waals surface area contributed by atoms with Crippen LogP contribution in [0.4, 0.5) is 0 Å². The maximum absolute atomic E-state index is 9.08. The van der Waals surface area contributed by atoms with E-state index in [1.165, 1.54) is 25.7 Å². The summed E-state index contributed by atoms with van der Waals surface area (Å²) in [5, 5.41) is 9.52. The SMILES string of the molecule is OCCN(Cc1ccc(Cl)o1)C1CCCC1. The molecule has 0 unspecified atom stereocenters. The van der Waals surface area contributed by atoms with Crippen LogP contribution in [0.25, 0.3) is 0 Å². The van der Waals surface area contributed by atoms with Crippen LogP contribution in [0.2, 0.25) is 5.22 Å². The van der Waals surface area contributed by atoms with Gasteiger partial charge in [-0.25, -0.2) is 0 Å². The standard InChI is InChI=1S/C12H18ClNO2/c13-12-6-5-11(16-12)9-14(7-8-15)10-3-1-2-4-10/h5-6,10,15H,1-4,7-9H2. The molecule has 0 bridgehead atoms. The maximum atomic E-state index is 9.08. The predicted octanol–water partition coefficient (Wildman–Crippen LogP) is 2.67. The van der Waals surface area contributed by atoms with E-state index in [-0.39, 0.29) is 6.61 Å². The van der Waals surface area contributed by atoms with Crippen LogP contribution in [0.3, 0.4) is 0 Å². The molecule has 0 atom stereocenters. The summed E-state index contributed by atoms with van der Waals surface area (Å²) < 4.78 is 5.36. The Morgan fingerprint density at radius 2 is 2.12 bits per heavy atom. The molecule has 2 rings (SSSR count). The second-order valence-corrected chi connectivity index (χ2v) is 4.71. The van der Waals surface area contributed by atoms with E-state index < -0.39 is 0 Å². The summed E-state index contributed by atoms with van der Waals surface area (Å²) in [4.78, 5) is 2.29. The molecular formula is C12H18ClNO2. The van der Waals surface area contributed by atoms with Gasteiger partial charge in [-0.05, 0) is 36.6 Å². The monoisotopic (exact) mass is 243 g/mol. The van der Waals surface area contributed by atoms with E-state index >= 15 is 0 Å². The molecule has 0 aromatic carbocycles. The van der Waals surface area contributed by atoms with Crippen LogP contribution >= 0.6 is 11.6 Å². The van der Waals surface area contributed by atoms with Crippen molar-refractivity contribution in [2.75, 3.05) is 13.2 Å². The van der Waals surface area contributed by atoms with Crippen molar-refractivity contribution in [3.05, 3.63) is 23.1 Å². The Labute approximate surface area is 101 Å². The van der Waals surface area contributed by atoms with Crippen molar-refractivity contribution < 1.29 is 9.52 Å². The third-order valence-electron chi connectivity index (χ3n) is 3.22. The molecule has 1 heterocycles. The maximum Gasteiger partial charge on any atom is 0.193 e. The summed E-state index contributed by atoms with van der Waals surface area (Å²) in [7, 11) is 0. The molecule has 0 radical (unpaired) electrons. The van der Waals surface area contributed by atoms with E-state index in [2.05, 4.69) is 4.90 Å². The summed E-state index contributed by atoms with van der Waals surface area (Å²) in [5.41, 5.74) is 0. The topological polar surface area (TPSA) is 36.6 Å². The van der Waals surface area contributed by atoms with Crippen LogP contribution in [-0.4, -0.2) is 29.2 Å². The van der Waals surface area contributed by atoms with Gasteiger partial charge in [-0.1, -0.05) is 12.8 Å². The van der Waals surface area contributed by atoms with Gasteiger partial charge in [0.1, 0.15) is 5.76 Å². The number of hydrogen-bond donors (Lipinski definition) is 1. The number of halogens is 1. The van der Waals surface area contributed by atoms with Crippen molar-refractivity contribution in [3.8, 4) is 0 Å². The number of nitrogens with zero attached hydrogens (tertiary/aromatic N) is 1. The fourth-order valence-electron chi connectivity index (χ4n) is 2.43. The highest BCUT2D eigenvalue weighted by Crippen LogP contribution is 2.25. The van der Waals surface area contributed by atoms with Gasteiger partial charge in [0, 0.05) is 12.6 Å². The van der Waals surface area contributed by atoms with Crippen LogP contribution < -0.4 is 0 Å². The Morgan fingerprint density at radius 3 is 2.69 bits per heavy atom. The van der Waals surface area contributed by atoms with Crippen molar-refractivity contribution >= 4 is 11.6 Å². The molecule has 1 fully saturated rings. The molecule has 1 saturated carbocycles. The molecule has 4 heteroatoms. The van der Waals surface area contributed by atoms with Gasteiger partial charge in [-0.2, -0.15) is 0 Å². The van der Waals surface area contributed by atoms with Crippen molar-refractivity contribution in [2.24, 2.45) is 0 Å². The highest BCUT2D eigenvalue weighted by Gasteiger charge is 2.22. The first kappa shape index (κ1) is 12.0. The molecule has 1 aromatic rings. The van der Waals surface area contributed by atoms with E-state index in [1.54, 1.807) is 6.07 Å². The molecule has 0 amide bonds. The molecule has 16 heavy (non-hydrogen) atoms. The highest BCUT2D eigenvalue weighted by molar-refractivity contribution is 6.28. The zero-order valence-electron chi connectivity index (χ0n) is 9.36. The minimum Gasteiger partial charge on any atom is -0.448 e. The quantitative estimate of drug-likeness (QED) is 0.864. The first-order valence-corrected chi connectivity index (χ1v) is 6.26. The van der Waals surface area contributed by atoms with E-state index in [9.17, 15) is 0 Å². The van der Waals surface area contributed by atoms with E-state index in [0.29, 0.717) is 17.8 Å². The van der Waals surface area contributed by atoms with Gasteiger partial charge in [-0.15, -0.1) is 0 Å². The van der Waals surface area contributed by atoms with Gasteiger partial charge in [-0.3, -0.25) is 4.90 Å². The van der Waals surface area contributed by atoms with Gasteiger partial charge in [0.15, 0.2) is 5.22 Å². The Balaban J connectivity index is 1.96. The van der Waals surface area contributed by atoms with E-state index in [1.807, 2.05) is 6.07 Å². The van der Waals surface area contributed by atoms with Crippen LogP contribution in [0, 0.1) is 0 Å². The molecule has 1 aliphatic rings. The fourth-order valence-corrected chi connectivity index (χ4v) is 2.59. The van der Waals surface area contributed by atoms with Gasteiger partial charge in [0.05, 0.1) is 13.2 Å². The zero-order chi connectivity index (χ0) is 11.4. The fraction of sp³-hybridized carbons (Fsp3) is 0.667. The summed E-state index contributed by atoms with van der Waals surface area (Å²) >= 11 is 5.75. The zero-order valence-corrected chi connectivity index (χ0v) is 10.1. The number of hydrogen-bond acceptors (Lipinski definition) is 3. The normalized spacial score (nSPS) is 17.4. The predicted molar refractivity (Wildman–Crippen MR) is 63.5 cm³/mol. The Hall–Kier alpha value is -0.510. The van der Waals surface area contributed by atoms with E-state index in [4.69, 9.17) is 21.1 Å². The van der Waals surface area contributed by atoms with Crippen LogP contribution in [-0.2, 0) is 6.54 Å². The van der Waals surface area contributed by atoms with Gasteiger partial charge in [0.2, 0.25) is 0 Å². The Morgan fingerprint density at radius 1 is 1.38 bits per heavy atom. The number of rotatable bonds is 5. The van der Waals surface area contributed by atoms with Crippen molar-refractivity contribution in [2.45, 2.75) is 38.3 Å². The minimum atomic E-state index is 0.199. The van der Waals surface area contributed by atoms with Crippen molar-refractivity contribution in [3.63, 3.8) is 0 Å². The van der Waals surface area contributed by atoms with Gasteiger partial charge in [0.25, 0.3) is 0 Å². The molecule has 90 valence electrons. The Bertz CT molecular complexity index is 321. The first-order chi connectivity index (χ1) is 7.79. The lowest BCUT2D eigenvalue weighted by Gasteiger charge is -2.26. The van der Waals surface area contributed by atoms with Crippen molar-refractivity contribution in [1.82, 2.24) is 4.90 Å². The summed E-state index contributed by atoms with van der Waals surface area (Å²) in [6, 6.07) is 4.26. The number of aliphatic hydroxyl groups excluding tert-OH is 1. The molecule has 0 saturated heterocycles. The van der Waals surface area contributed by atoms with E-state index in [0.717, 1.165) is 12.3 Å². The van der Waals surface area contributed by atoms with Crippen LogP contribution in [0.1, 0.15) is 31.4 Å². The molecular weight excluding hydrogens is 226 g/mol. The number of aliphatic hydroxyl groups is 1. The van der Waals surface area contributed by atoms with Gasteiger partial charge < -0.3 is 9.52 Å². The molecule has 3 nitrogen and oxygen atoms in total. The lowest BCUT2D eigenvalue weighted by molar-refractivity contribution is 0.136. The minimum absolute atomic E-state index is 0.199. The highest BCUT2D eigenvalue weighted by atomic mass is 35.5. The smallest absolute Gasteiger partial charge is 0.193 e. The average molecular weight is 244 g/mol. The summed E-state index contributed by atoms with van der Waals surface area (Å²) in [6.07, 6.45) is 5.06.